The summed E-state index contributed by atoms with van der Waals surface area (Å²) in [5.41, 5.74) is 8.31. The average molecular weight is 509 g/mol. The summed E-state index contributed by atoms with van der Waals surface area (Å²) >= 11 is 1.74. The summed E-state index contributed by atoms with van der Waals surface area (Å²) < 4.78 is 11.0. The minimum absolute atomic E-state index is 0.291. The standard InChI is InChI=1S/C29H40N4O2S/c1-36-28-5-3-2-4-25(28)33-29(31-18-22-10-15-26-27(17-22)35-19-34-26)32-24-13-8-21(9-14-24)16-20-6-11-23(30)12-7-20/h2-5,10,15,17,20-21,23-24H,6-9,11-14,16,18-19,30H2,1H3,(H2,31,32,33). The molecule has 2 aliphatic carbocycles. The Balaban J connectivity index is 1.21. The van der Waals surface area contributed by atoms with Crippen molar-refractivity contribution >= 4 is 23.4 Å². The maximum atomic E-state index is 6.12. The first-order valence-corrected chi connectivity index (χ1v) is 14.7. The van der Waals surface area contributed by atoms with Gasteiger partial charge in [-0.15, -0.1) is 11.8 Å². The Morgan fingerprint density at radius 2 is 1.67 bits per heavy atom. The van der Waals surface area contributed by atoms with E-state index in [0.29, 0.717) is 25.4 Å². The number of rotatable bonds is 7. The van der Waals surface area contributed by atoms with Crippen molar-refractivity contribution in [3.8, 4) is 11.5 Å². The number of benzene rings is 2. The molecule has 0 amide bonds. The Morgan fingerprint density at radius 3 is 2.44 bits per heavy atom. The van der Waals surface area contributed by atoms with Crippen LogP contribution in [0.1, 0.15) is 63.4 Å². The van der Waals surface area contributed by atoms with Crippen molar-refractivity contribution in [3.05, 3.63) is 48.0 Å². The molecule has 0 unspecified atom stereocenters. The highest BCUT2D eigenvalue weighted by atomic mass is 32.2. The number of nitrogens with two attached hydrogens (primary N) is 1. The Morgan fingerprint density at radius 1 is 0.944 bits per heavy atom. The highest BCUT2D eigenvalue weighted by molar-refractivity contribution is 7.98. The molecule has 7 heteroatoms. The van der Waals surface area contributed by atoms with Crippen molar-refractivity contribution in [3.63, 3.8) is 0 Å². The summed E-state index contributed by atoms with van der Waals surface area (Å²) in [5.74, 6) is 4.21. The topological polar surface area (TPSA) is 80.9 Å². The van der Waals surface area contributed by atoms with Gasteiger partial charge < -0.3 is 25.8 Å². The van der Waals surface area contributed by atoms with Crippen molar-refractivity contribution in [2.24, 2.45) is 22.6 Å². The minimum atomic E-state index is 0.291. The first kappa shape index (κ1) is 25.3. The van der Waals surface area contributed by atoms with Gasteiger partial charge in [-0.1, -0.05) is 18.2 Å². The predicted molar refractivity (Wildman–Crippen MR) is 149 cm³/mol. The number of nitrogens with zero attached hydrogens (tertiary/aromatic N) is 1. The third-order valence-corrected chi connectivity index (χ3v) is 8.76. The van der Waals surface area contributed by atoms with Gasteiger partial charge in [0, 0.05) is 17.0 Å². The van der Waals surface area contributed by atoms with E-state index in [0.717, 1.165) is 40.5 Å². The first-order chi connectivity index (χ1) is 17.7. The summed E-state index contributed by atoms with van der Waals surface area (Å²) in [7, 11) is 0. The van der Waals surface area contributed by atoms with Crippen LogP contribution in [0.5, 0.6) is 11.5 Å². The second-order valence-corrected chi connectivity index (χ2v) is 11.4. The van der Waals surface area contributed by atoms with E-state index in [-0.39, 0.29) is 0 Å². The maximum absolute atomic E-state index is 6.12. The Labute approximate surface area is 219 Å². The van der Waals surface area contributed by atoms with Crippen LogP contribution in [-0.2, 0) is 6.54 Å². The van der Waals surface area contributed by atoms with Gasteiger partial charge in [-0.05, 0) is 106 Å². The fourth-order valence-corrected chi connectivity index (χ4v) is 6.39. The number of nitrogens with one attached hydrogen (secondary N) is 2. The van der Waals surface area contributed by atoms with E-state index < -0.39 is 0 Å². The van der Waals surface area contributed by atoms with E-state index in [1.54, 1.807) is 11.8 Å². The molecule has 2 aromatic rings. The Hall–Kier alpha value is -2.38. The summed E-state index contributed by atoms with van der Waals surface area (Å²) in [5, 5.41) is 7.37. The number of guanidine groups is 1. The number of ether oxygens (including phenoxy) is 2. The third kappa shape index (κ3) is 6.68. The molecular formula is C29H40N4O2S. The number of aliphatic imine (C=N–C) groups is 1. The van der Waals surface area contributed by atoms with E-state index in [4.69, 9.17) is 20.2 Å². The number of fused-ring (bicyclic) bond motifs is 1. The molecule has 2 aromatic carbocycles. The highest BCUT2D eigenvalue weighted by Gasteiger charge is 2.26. The Kier molecular flexibility index (Phi) is 8.59. The van der Waals surface area contributed by atoms with Gasteiger partial charge in [-0.3, -0.25) is 0 Å². The lowest BCUT2D eigenvalue weighted by atomic mass is 9.76. The monoisotopic (exact) mass is 508 g/mol. The summed E-state index contributed by atoms with van der Waals surface area (Å²) in [6.07, 6.45) is 13.6. The van der Waals surface area contributed by atoms with Crippen molar-refractivity contribution in [1.82, 2.24) is 5.32 Å². The summed E-state index contributed by atoms with van der Waals surface area (Å²) in [6, 6.07) is 15.4. The third-order valence-electron chi connectivity index (χ3n) is 7.96. The van der Waals surface area contributed by atoms with Gasteiger partial charge in [0.2, 0.25) is 6.79 Å². The molecule has 0 atom stereocenters. The molecule has 0 spiro atoms. The van der Waals surface area contributed by atoms with Crippen molar-refractivity contribution in [2.45, 2.75) is 81.3 Å². The molecule has 2 fully saturated rings. The number of hydrogen-bond acceptors (Lipinski definition) is 5. The van der Waals surface area contributed by atoms with Crippen LogP contribution >= 0.6 is 11.8 Å². The number of hydrogen-bond donors (Lipinski definition) is 3. The van der Waals surface area contributed by atoms with E-state index in [1.165, 1.54) is 62.7 Å². The van der Waals surface area contributed by atoms with Gasteiger partial charge in [0.1, 0.15) is 0 Å². The molecule has 3 aliphatic rings. The highest BCUT2D eigenvalue weighted by Crippen LogP contribution is 2.35. The first-order valence-electron chi connectivity index (χ1n) is 13.5. The number of thioether (sulfide) groups is 1. The largest absolute Gasteiger partial charge is 0.454 e. The van der Waals surface area contributed by atoms with E-state index >= 15 is 0 Å². The molecular weight excluding hydrogens is 468 g/mol. The molecule has 36 heavy (non-hydrogen) atoms. The maximum Gasteiger partial charge on any atom is 0.231 e. The molecule has 1 heterocycles. The van der Waals surface area contributed by atoms with Crippen LogP contribution in [0.25, 0.3) is 0 Å². The van der Waals surface area contributed by atoms with Crippen molar-refractivity contribution < 1.29 is 9.47 Å². The Bertz CT molecular complexity index is 1030. The zero-order valence-corrected chi connectivity index (χ0v) is 22.2. The van der Waals surface area contributed by atoms with Crippen LogP contribution in [0.3, 0.4) is 0 Å². The SMILES string of the molecule is CSc1ccccc1NC(=NCc1ccc2c(c1)OCO2)NC1CCC(CC2CCC(N)CC2)CC1. The minimum Gasteiger partial charge on any atom is -0.454 e. The predicted octanol–water partition coefficient (Wildman–Crippen LogP) is 6.16. The second-order valence-electron chi connectivity index (χ2n) is 10.6. The quantitative estimate of drug-likeness (QED) is 0.236. The lowest BCUT2D eigenvalue weighted by Gasteiger charge is -2.34. The van der Waals surface area contributed by atoms with Gasteiger partial charge in [0.05, 0.1) is 12.2 Å². The van der Waals surface area contributed by atoms with Gasteiger partial charge in [-0.25, -0.2) is 4.99 Å². The zero-order valence-electron chi connectivity index (χ0n) is 21.4. The van der Waals surface area contributed by atoms with Crippen LogP contribution in [0.4, 0.5) is 5.69 Å². The van der Waals surface area contributed by atoms with E-state index in [9.17, 15) is 0 Å². The van der Waals surface area contributed by atoms with Gasteiger partial charge in [0.15, 0.2) is 17.5 Å². The van der Waals surface area contributed by atoms with Gasteiger partial charge >= 0.3 is 0 Å². The van der Waals surface area contributed by atoms with Gasteiger partial charge in [0.25, 0.3) is 0 Å². The molecule has 0 bridgehead atoms. The van der Waals surface area contributed by atoms with Crippen molar-refractivity contribution in [1.29, 1.82) is 0 Å². The molecule has 5 rings (SSSR count). The van der Waals surface area contributed by atoms with Crippen LogP contribution < -0.4 is 25.8 Å². The van der Waals surface area contributed by atoms with Crippen LogP contribution in [0.15, 0.2) is 52.4 Å². The molecule has 0 radical (unpaired) electrons. The smallest absolute Gasteiger partial charge is 0.231 e. The molecule has 6 nitrogen and oxygen atoms in total. The average Bonchev–Trinajstić information content (AvgIpc) is 3.38. The molecule has 0 saturated heterocycles. The second kappa shape index (κ2) is 12.2. The van der Waals surface area contributed by atoms with E-state index in [1.807, 2.05) is 12.1 Å². The molecule has 4 N–H and O–H groups in total. The molecule has 194 valence electrons. The van der Waals surface area contributed by atoms with Crippen LogP contribution in [0, 0.1) is 11.8 Å². The van der Waals surface area contributed by atoms with E-state index in [2.05, 4.69) is 47.2 Å². The normalized spacial score (nSPS) is 26.0. The van der Waals surface area contributed by atoms with Gasteiger partial charge in [-0.2, -0.15) is 0 Å². The lowest BCUT2D eigenvalue weighted by molar-refractivity contribution is 0.174. The molecule has 1 aliphatic heterocycles. The molecule has 0 aromatic heterocycles. The number of para-hydroxylation sites is 1. The molecule has 2 saturated carbocycles. The fourth-order valence-electron chi connectivity index (χ4n) is 5.84. The summed E-state index contributed by atoms with van der Waals surface area (Å²) in [4.78, 5) is 6.19. The fraction of sp³-hybridized carbons (Fsp3) is 0.552. The lowest BCUT2D eigenvalue weighted by Crippen LogP contribution is -2.41. The van der Waals surface area contributed by atoms with Crippen LogP contribution in [0.2, 0.25) is 0 Å². The van der Waals surface area contributed by atoms with Crippen molar-refractivity contribution in [2.75, 3.05) is 18.4 Å². The number of anilines is 1. The zero-order chi connectivity index (χ0) is 24.7. The van der Waals surface area contributed by atoms with Crippen LogP contribution in [-0.4, -0.2) is 31.1 Å². The summed E-state index contributed by atoms with van der Waals surface area (Å²) in [6.45, 7) is 0.866.